The molecule has 0 aromatic rings. The monoisotopic (exact) mass is 442 g/mol. The van der Waals surface area contributed by atoms with Crippen LogP contribution in [0, 0.1) is 39.4 Å². The zero-order valence-electron chi connectivity index (χ0n) is 20.1. The summed E-state index contributed by atoms with van der Waals surface area (Å²) in [5.41, 5.74) is -1.90. The number of carbonyl (C=O) groups is 4. The molecule has 0 amide bonds. The third-order valence-corrected chi connectivity index (χ3v) is 9.77. The topological polar surface area (TPSA) is 97.7 Å². The largest absolute Gasteiger partial charge is 0.505 e. The number of ketones is 3. The average molecular weight is 443 g/mol. The van der Waals surface area contributed by atoms with Crippen molar-refractivity contribution < 1.29 is 29.0 Å². The van der Waals surface area contributed by atoms with E-state index in [4.69, 9.17) is 4.74 Å². The van der Waals surface area contributed by atoms with Crippen LogP contribution in [0.25, 0.3) is 0 Å². The van der Waals surface area contributed by atoms with Gasteiger partial charge in [0.25, 0.3) is 0 Å². The average Bonchev–Trinajstić information content (AvgIpc) is 2.87. The van der Waals surface area contributed by atoms with Crippen LogP contribution in [0.15, 0.2) is 23.5 Å². The van der Waals surface area contributed by atoms with E-state index in [1.807, 2.05) is 13.8 Å². The third kappa shape index (κ3) is 2.58. The van der Waals surface area contributed by atoms with Crippen LogP contribution in [-0.2, 0) is 23.9 Å². The summed E-state index contributed by atoms with van der Waals surface area (Å²) in [7, 11) is 0. The van der Waals surface area contributed by atoms with Gasteiger partial charge >= 0.3 is 5.97 Å². The number of ether oxygens (including phenoxy) is 1. The fraction of sp³-hybridized carbons (Fsp3) is 0.692. The fourth-order valence-electron chi connectivity index (χ4n) is 7.98. The molecule has 4 rings (SSSR count). The van der Waals surface area contributed by atoms with Crippen LogP contribution in [0.1, 0.15) is 67.7 Å². The molecule has 2 fully saturated rings. The first kappa shape index (κ1) is 22.9. The van der Waals surface area contributed by atoms with Crippen molar-refractivity contribution in [2.45, 2.75) is 73.8 Å². The number of allylic oxidation sites excluding steroid dienone is 4. The number of rotatable bonds is 2. The number of fused-ring (bicyclic) bond motifs is 5. The van der Waals surface area contributed by atoms with E-state index in [2.05, 4.69) is 13.0 Å². The van der Waals surface area contributed by atoms with Crippen LogP contribution in [0.5, 0.6) is 0 Å². The van der Waals surface area contributed by atoms with Gasteiger partial charge in [-0.1, -0.05) is 32.4 Å². The van der Waals surface area contributed by atoms with Gasteiger partial charge in [-0.15, -0.1) is 0 Å². The van der Waals surface area contributed by atoms with E-state index in [-0.39, 0.29) is 41.4 Å². The van der Waals surface area contributed by atoms with Crippen molar-refractivity contribution in [3.63, 3.8) is 0 Å². The molecule has 7 unspecified atom stereocenters. The van der Waals surface area contributed by atoms with Crippen LogP contribution in [0.2, 0.25) is 0 Å². The lowest BCUT2D eigenvalue weighted by Crippen LogP contribution is -2.62. The van der Waals surface area contributed by atoms with Crippen molar-refractivity contribution in [2.24, 2.45) is 39.4 Å². The van der Waals surface area contributed by atoms with E-state index >= 15 is 0 Å². The molecule has 0 heterocycles. The van der Waals surface area contributed by atoms with Gasteiger partial charge in [0.05, 0.1) is 11.3 Å². The highest BCUT2D eigenvalue weighted by molar-refractivity contribution is 6.02. The maximum atomic E-state index is 13.9. The summed E-state index contributed by atoms with van der Waals surface area (Å²) in [5.74, 6) is -2.09. The molecule has 0 aliphatic heterocycles. The lowest BCUT2D eigenvalue weighted by Gasteiger charge is -2.62. The Morgan fingerprint density at radius 1 is 1.06 bits per heavy atom. The number of esters is 1. The second kappa shape index (κ2) is 6.64. The molecule has 174 valence electrons. The molecule has 4 aliphatic rings. The van der Waals surface area contributed by atoms with Crippen molar-refractivity contribution in [1.29, 1.82) is 0 Å². The molecule has 0 aromatic carbocycles. The molecule has 0 aromatic heterocycles. The Kier molecular flexibility index (Phi) is 4.76. The normalized spacial score (nSPS) is 44.6. The Hall–Kier alpha value is -2.24. The second-order valence-electron chi connectivity index (χ2n) is 11.6. The third-order valence-electron chi connectivity index (χ3n) is 9.77. The molecular formula is C26H34O6. The lowest BCUT2D eigenvalue weighted by molar-refractivity contribution is -0.167. The van der Waals surface area contributed by atoms with Crippen molar-refractivity contribution in [3.05, 3.63) is 23.5 Å². The van der Waals surface area contributed by atoms with Gasteiger partial charge in [0.15, 0.2) is 5.76 Å². The van der Waals surface area contributed by atoms with Gasteiger partial charge in [0.1, 0.15) is 17.7 Å². The lowest BCUT2D eigenvalue weighted by atomic mass is 9.39. The van der Waals surface area contributed by atoms with Gasteiger partial charge in [-0.3, -0.25) is 19.2 Å². The molecule has 7 atom stereocenters. The van der Waals surface area contributed by atoms with Gasteiger partial charge in [-0.05, 0) is 56.4 Å². The molecule has 0 saturated heterocycles. The molecule has 32 heavy (non-hydrogen) atoms. The Bertz CT molecular complexity index is 1000. The summed E-state index contributed by atoms with van der Waals surface area (Å²) >= 11 is 0. The minimum atomic E-state index is -0.878. The number of hydrogen-bond acceptors (Lipinski definition) is 6. The van der Waals surface area contributed by atoms with Crippen molar-refractivity contribution >= 4 is 23.3 Å². The fourth-order valence-corrected chi connectivity index (χ4v) is 7.98. The van der Waals surface area contributed by atoms with E-state index in [0.717, 1.165) is 5.57 Å². The maximum absolute atomic E-state index is 13.9. The molecule has 0 radical (unpaired) electrons. The summed E-state index contributed by atoms with van der Waals surface area (Å²) in [6.07, 6.45) is 4.39. The highest BCUT2D eigenvalue weighted by Gasteiger charge is 2.73. The minimum Gasteiger partial charge on any atom is -0.505 e. The molecule has 6 nitrogen and oxygen atoms in total. The predicted molar refractivity (Wildman–Crippen MR) is 117 cm³/mol. The minimum absolute atomic E-state index is 0.0435. The summed E-state index contributed by atoms with van der Waals surface area (Å²) in [6, 6.07) is 0. The van der Waals surface area contributed by atoms with Gasteiger partial charge in [0, 0.05) is 24.7 Å². The highest BCUT2D eigenvalue weighted by atomic mass is 16.5. The molecule has 0 spiro atoms. The molecule has 0 bridgehead atoms. The van der Waals surface area contributed by atoms with E-state index in [1.165, 1.54) is 13.8 Å². The molecule has 6 heteroatoms. The molecular weight excluding hydrogens is 408 g/mol. The van der Waals surface area contributed by atoms with Crippen LogP contribution in [0.3, 0.4) is 0 Å². The van der Waals surface area contributed by atoms with Crippen molar-refractivity contribution in [1.82, 2.24) is 0 Å². The highest BCUT2D eigenvalue weighted by Crippen LogP contribution is 2.73. The number of aliphatic hydroxyl groups excluding tert-OH is 1. The second-order valence-corrected chi connectivity index (χ2v) is 11.6. The maximum Gasteiger partial charge on any atom is 0.302 e. The summed E-state index contributed by atoms with van der Waals surface area (Å²) in [4.78, 5) is 51.3. The zero-order valence-corrected chi connectivity index (χ0v) is 20.1. The Balaban J connectivity index is 1.89. The number of Topliss-reactive ketones (excluding diaryl/α,β-unsaturated/α-hetero) is 3. The Morgan fingerprint density at radius 2 is 1.69 bits per heavy atom. The quantitative estimate of drug-likeness (QED) is 0.510. The summed E-state index contributed by atoms with van der Waals surface area (Å²) in [5, 5.41) is 10.5. The molecule has 2 saturated carbocycles. The Morgan fingerprint density at radius 3 is 2.25 bits per heavy atom. The predicted octanol–water partition coefficient (Wildman–Crippen LogP) is 4.13. The first-order chi connectivity index (χ1) is 14.6. The Labute approximate surface area is 189 Å². The van der Waals surface area contributed by atoms with Crippen molar-refractivity contribution in [3.8, 4) is 0 Å². The van der Waals surface area contributed by atoms with Gasteiger partial charge < -0.3 is 9.84 Å². The van der Waals surface area contributed by atoms with Crippen LogP contribution in [0.4, 0.5) is 0 Å². The first-order valence-corrected chi connectivity index (χ1v) is 11.5. The number of aliphatic hydroxyl groups is 1. The first-order valence-electron chi connectivity index (χ1n) is 11.5. The van der Waals surface area contributed by atoms with E-state index in [9.17, 15) is 24.3 Å². The van der Waals surface area contributed by atoms with Gasteiger partial charge in [-0.25, -0.2) is 0 Å². The molecule has 1 N–H and O–H groups in total. The SMILES string of the molecule is CC(=O)OC1CC2(C)C3CC=C4C(C=C(O)C(=O)C4(C)C)C3(C)C(=O)CC2(C)C1C(C)=O. The standard InChI is InChI=1S/C26H34O6/c1-13(27)21-18(32-14(2)28)11-24(5)19-9-8-15-16(10-17(29)22(31)23(15,3)4)26(19,7)20(30)12-25(21,24)6/h8,10,16,18-19,21,29H,9,11-12H2,1-7H3. The van der Waals surface area contributed by atoms with E-state index < -0.39 is 39.7 Å². The van der Waals surface area contributed by atoms with Gasteiger partial charge in [0.2, 0.25) is 5.78 Å². The van der Waals surface area contributed by atoms with Crippen molar-refractivity contribution in [2.75, 3.05) is 0 Å². The van der Waals surface area contributed by atoms with Crippen LogP contribution >= 0.6 is 0 Å². The van der Waals surface area contributed by atoms with E-state index in [0.29, 0.717) is 12.8 Å². The van der Waals surface area contributed by atoms with E-state index in [1.54, 1.807) is 19.9 Å². The van der Waals surface area contributed by atoms with Crippen LogP contribution < -0.4 is 0 Å². The van der Waals surface area contributed by atoms with Crippen LogP contribution in [-0.4, -0.2) is 34.5 Å². The number of carbonyl (C=O) groups excluding carboxylic acids is 4. The molecule has 4 aliphatic carbocycles. The smallest absolute Gasteiger partial charge is 0.302 e. The summed E-state index contributed by atoms with van der Waals surface area (Å²) in [6.45, 7) is 12.6. The summed E-state index contributed by atoms with van der Waals surface area (Å²) < 4.78 is 5.64. The zero-order chi connectivity index (χ0) is 24.0. The number of hydrogen-bond donors (Lipinski definition) is 1. The van der Waals surface area contributed by atoms with Gasteiger partial charge in [-0.2, -0.15) is 0 Å².